The van der Waals surface area contributed by atoms with Crippen molar-refractivity contribution in [3.63, 3.8) is 0 Å². The second-order valence-electron chi connectivity index (χ2n) is 4.93. The number of nitrogens with zero attached hydrogens (tertiary/aromatic N) is 1. The second kappa shape index (κ2) is 8.54. The van der Waals surface area contributed by atoms with E-state index in [0.29, 0.717) is 0 Å². The molecule has 1 saturated heterocycles. The van der Waals surface area contributed by atoms with Crippen molar-refractivity contribution in [3.05, 3.63) is 0 Å². The van der Waals surface area contributed by atoms with E-state index in [2.05, 4.69) is 16.5 Å². The van der Waals surface area contributed by atoms with Crippen molar-refractivity contribution in [1.82, 2.24) is 4.90 Å². The van der Waals surface area contributed by atoms with Crippen LogP contribution in [0.4, 0.5) is 0 Å². The van der Waals surface area contributed by atoms with Gasteiger partial charge in [-0.05, 0) is 25.7 Å². The number of ether oxygens (including phenoxy) is 1. The topological polar surface area (TPSA) is 38.8 Å². The lowest BCUT2D eigenvalue weighted by Gasteiger charge is -2.25. The summed E-state index contributed by atoms with van der Waals surface area (Å²) in [5.74, 6) is -0.357. The minimum absolute atomic E-state index is 0.0759. The molecule has 0 saturated carbocycles. The van der Waals surface area contributed by atoms with E-state index >= 15 is 0 Å². The fourth-order valence-corrected chi connectivity index (χ4v) is 2.57. The van der Waals surface area contributed by atoms with Gasteiger partial charge < -0.3 is 9.39 Å². The predicted molar refractivity (Wildman–Crippen MR) is 71.1 cm³/mol. The molecule has 0 spiro atoms. The maximum atomic E-state index is 11.6. The monoisotopic (exact) mass is 253 g/mol. The van der Waals surface area contributed by atoms with Crippen molar-refractivity contribution in [3.8, 4) is 0 Å². The lowest BCUT2D eigenvalue weighted by Crippen LogP contribution is -2.33. The van der Waals surface area contributed by atoms with Gasteiger partial charge in [0.1, 0.15) is 6.23 Å². The van der Waals surface area contributed by atoms with Crippen molar-refractivity contribution < 1.29 is 14.2 Å². The van der Waals surface area contributed by atoms with E-state index in [0.717, 1.165) is 45.2 Å². The van der Waals surface area contributed by atoms with E-state index in [4.69, 9.17) is 12.8 Å². The third-order valence-electron chi connectivity index (χ3n) is 3.70. The molecule has 1 fully saturated rings. The zero-order valence-corrected chi connectivity index (χ0v) is 11.6. The number of carbonyl (C=O) groups is 1. The molecule has 0 aliphatic carbocycles. The van der Waals surface area contributed by atoms with Crippen LogP contribution in [0.1, 0.15) is 45.4 Å². The predicted octanol–water partition coefficient (Wildman–Crippen LogP) is 1.88. The molecule has 4 nitrogen and oxygen atoms in total. The fourth-order valence-electron chi connectivity index (χ4n) is 2.57. The van der Waals surface area contributed by atoms with Crippen LogP contribution in [-0.4, -0.2) is 45.3 Å². The zero-order chi connectivity index (χ0) is 13.4. The van der Waals surface area contributed by atoms with E-state index in [1.54, 1.807) is 7.11 Å². The third kappa shape index (κ3) is 4.61. The first-order valence-electron chi connectivity index (χ1n) is 6.90. The number of rotatable bonds is 8. The van der Waals surface area contributed by atoms with Gasteiger partial charge in [0.05, 0.1) is 5.92 Å². The summed E-state index contributed by atoms with van der Waals surface area (Å²) in [4.78, 5) is 13.9. The molecule has 0 N–H and O–H groups in total. The number of hydrogen-bond donors (Lipinski definition) is 0. The van der Waals surface area contributed by atoms with Gasteiger partial charge in [0.15, 0.2) is 0 Å². The molecule has 2 atom stereocenters. The Labute approximate surface area is 111 Å². The highest BCUT2D eigenvalue weighted by Gasteiger charge is 2.26. The Bertz CT molecular complexity index is 250. The van der Waals surface area contributed by atoms with Crippen LogP contribution in [0.15, 0.2) is 0 Å². The molecule has 18 heavy (non-hydrogen) atoms. The molecule has 1 aliphatic rings. The van der Waals surface area contributed by atoms with E-state index < -0.39 is 0 Å². The average Bonchev–Trinajstić information content (AvgIpc) is 2.85. The normalized spacial score (nSPS) is 22.0. The van der Waals surface area contributed by atoms with Crippen LogP contribution in [0.2, 0.25) is 0 Å². The van der Waals surface area contributed by atoms with Crippen molar-refractivity contribution in [2.45, 2.75) is 51.7 Å². The molecule has 0 aromatic rings. The molecule has 1 heterocycles. The summed E-state index contributed by atoms with van der Waals surface area (Å²) in [6.07, 6.45) is 6.24. The summed E-state index contributed by atoms with van der Waals surface area (Å²) in [5, 5.41) is 0. The summed E-state index contributed by atoms with van der Waals surface area (Å²) in [7, 11) is 6.74. The summed E-state index contributed by atoms with van der Waals surface area (Å²) in [6.45, 7) is 4.05. The quantitative estimate of drug-likeness (QED) is 0.619. The molecule has 102 valence electrons. The van der Waals surface area contributed by atoms with E-state index in [1.165, 1.54) is 6.42 Å². The van der Waals surface area contributed by atoms with Gasteiger partial charge in [-0.25, -0.2) is 0 Å². The Morgan fingerprint density at radius 3 is 2.89 bits per heavy atom. The number of methoxy groups -OCH3 is 1. The SMILES string of the molecule is [B]OC(=O)C(CCCC)CCN1CCC[C@H]1OC. The highest BCUT2D eigenvalue weighted by atomic mass is 16.5. The Hall–Kier alpha value is -0.545. The Balaban J connectivity index is 2.38. The molecular formula is C13H24BNO3. The van der Waals surface area contributed by atoms with Gasteiger partial charge in [-0.1, -0.05) is 19.8 Å². The second-order valence-corrected chi connectivity index (χ2v) is 4.93. The first kappa shape index (κ1) is 15.5. The van der Waals surface area contributed by atoms with E-state index in [-0.39, 0.29) is 18.1 Å². The lowest BCUT2D eigenvalue weighted by atomic mass is 9.98. The number of hydrogen-bond acceptors (Lipinski definition) is 4. The molecule has 1 rings (SSSR count). The summed E-state index contributed by atoms with van der Waals surface area (Å²) >= 11 is 0. The molecule has 1 aliphatic heterocycles. The molecule has 0 aromatic heterocycles. The van der Waals surface area contributed by atoms with Crippen LogP contribution in [0, 0.1) is 5.92 Å². The minimum Gasteiger partial charge on any atom is -0.543 e. The Morgan fingerprint density at radius 1 is 1.50 bits per heavy atom. The van der Waals surface area contributed by atoms with E-state index in [9.17, 15) is 4.79 Å². The lowest BCUT2D eigenvalue weighted by molar-refractivity contribution is -0.139. The Morgan fingerprint density at radius 2 is 2.28 bits per heavy atom. The highest BCUT2D eigenvalue weighted by molar-refractivity contribution is 6.05. The Kier molecular flexibility index (Phi) is 7.36. The number of likely N-dealkylation sites (tertiary alicyclic amines) is 1. The zero-order valence-electron chi connectivity index (χ0n) is 11.6. The van der Waals surface area contributed by atoms with Crippen LogP contribution in [-0.2, 0) is 14.2 Å². The van der Waals surface area contributed by atoms with Crippen molar-refractivity contribution in [2.75, 3.05) is 20.2 Å². The van der Waals surface area contributed by atoms with E-state index in [1.807, 2.05) is 0 Å². The average molecular weight is 253 g/mol. The largest absolute Gasteiger partial charge is 0.543 e. The fraction of sp³-hybridized carbons (Fsp3) is 0.923. The summed E-state index contributed by atoms with van der Waals surface area (Å²) in [6, 6.07) is 0. The van der Waals surface area contributed by atoms with Gasteiger partial charge in [-0.3, -0.25) is 9.69 Å². The van der Waals surface area contributed by atoms with Crippen LogP contribution in [0.3, 0.4) is 0 Å². The van der Waals surface area contributed by atoms with Crippen molar-refractivity contribution >= 4 is 14.0 Å². The molecule has 5 heteroatoms. The van der Waals surface area contributed by atoms with Gasteiger partial charge in [0.25, 0.3) is 5.97 Å². The first-order valence-corrected chi connectivity index (χ1v) is 6.90. The van der Waals surface area contributed by atoms with Gasteiger partial charge >= 0.3 is 8.05 Å². The molecule has 0 aromatic carbocycles. The summed E-state index contributed by atoms with van der Waals surface area (Å²) < 4.78 is 9.80. The molecule has 0 bridgehead atoms. The third-order valence-corrected chi connectivity index (χ3v) is 3.70. The number of unbranched alkanes of at least 4 members (excludes halogenated alkanes) is 1. The molecule has 2 radical (unpaired) electrons. The smallest absolute Gasteiger partial charge is 0.378 e. The van der Waals surface area contributed by atoms with Gasteiger partial charge in [0.2, 0.25) is 0 Å². The standard InChI is InChI=1S/C13H24BNO3/c1-3-4-6-11(13(16)18-14)8-10-15-9-5-7-12(15)17-2/h11-12H,3-10H2,1-2H3/t11?,12-/m1/s1. The van der Waals surface area contributed by atoms with Gasteiger partial charge in [-0.2, -0.15) is 0 Å². The summed E-state index contributed by atoms with van der Waals surface area (Å²) in [5.41, 5.74) is 0. The highest BCUT2D eigenvalue weighted by Crippen LogP contribution is 2.21. The minimum atomic E-state index is -0.281. The number of carbonyl (C=O) groups excluding carboxylic acids is 1. The van der Waals surface area contributed by atoms with Crippen LogP contribution < -0.4 is 0 Å². The van der Waals surface area contributed by atoms with Gasteiger partial charge in [0, 0.05) is 20.2 Å². The van der Waals surface area contributed by atoms with Crippen LogP contribution >= 0.6 is 0 Å². The van der Waals surface area contributed by atoms with Crippen LogP contribution in [0.5, 0.6) is 0 Å². The maximum absolute atomic E-state index is 11.6. The molecule has 1 unspecified atom stereocenters. The molecule has 0 amide bonds. The van der Waals surface area contributed by atoms with Crippen molar-refractivity contribution in [2.24, 2.45) is 5.92 Å². The van der Waals surface area contributed by atoms with Crippen molar-refractivity contribution in [1.29, 1.82) is 0 Å². The van der Waals surface area contributed by atoms with Crippen LogP contribution in [0.25, 0.3) is 0 Å². The van der Waals surface area contributed by atoms with Gasteiger partial charge in [-0.15, -0.1) is 0 Å². The first-order chi connectivity index (χ1) is 8.72. The molecular weight excluding hydrogens is 229 g/mol. The maximum Gasteiger partial charge on any atom is 0.378 e.